The summed E-state index contributed by atoms with van der Waals surface area (Å²) in [5.74, 6) is -0.273. The number of aliphatic hydroxyl groups excluding tert-OH is 1. The number of ketones is 2. The second kappa shape index (κ2) is 6.32. The molecule has 3 rings (SSSR count). The fourth-order valence-electron chi connectivity index (χ4n) is 2.90. The average Bonchev–Trinajstić information content (AvgIpc) is 2.60. The van der Waals surface area contributed by atoms with Crippen molar-refractivity contribution in [3.8, 4) is 0 Å². The summed E-state index contributed by atoms with van der Waals surface area (Å²) in [6.45, 7) is 2.89. The summed E-state index contributed by atoms with van der Waals surface area (Å²) in [7, 11) is 0. The number of nitrogens with one attached hydrogen (secondary N) is 1. The molecule has 0 aromatic heterocycles. The van der Waals surface area contributed by atoms with Crippen molar-refractivity contribution < 1.29 is 14.7 Å². The Morgan fingerprint density at radius 1 is 0.957 bits per heavy atom. The lowest BCUT2D eigenvalue weighted by Crippen LogP contribution is -2.41. The van der Waals surface area contributed by atoms with Crippen molar-refractivity contribution in [3.63, 3.8) is 0 Å². The first kappa shape index (κ1) is 15.4. The number of nitrogens with zero attached hydrogens (tertiary/aromatic N) is 1. The highest BCUT2D eigenvalue weighted by Crippen LogP contribution is 2.33. The van der Waals surface area contributed by atoms with E-state index in [9.17, 15) is 9.59 Å². The second-order valence-electron chi connectivity index (χ2n) is 5.28. The van der Waals surface area contributed by atoms with Gasteiger partial charge in [-0.25, -0.2) is 5.43 Å². The van der Waals surface area contributed by atoms with E-state index in [4.69, 9.17) is 5.11 Å². The lowest BCUT2D eigenvalue weighted by molar-refractivity contribution is 0.0979. The Labute approximate surface area is 134 Å². The summed E-state index contributed by atoms with van der Waals surface area (Å²) in [6.07, 6.45) is 0. The molecule has 2 aromatic rings. The number of fused-ring (bicyclic) bond motifs is 2. The topological polar surface area (TPSA) is 69.6 Å². The smallest absolute Gasteiger partial charge is 0.196 e. The zero-order valence-corrected chi connectivity index (χ0v) is 12.9. The number of rotatable bonds is 5. The van der Waals surface area contributed by atoms with Crippen molar-refractivity contribution in [3.05, 3.63) is 64.7 Å². The third kappa shape index (κ3) is 2.54. The number of carbonyl (C=O) groups is 2. The summed E-state index contributed by atoms with van der Waals surface area (Å²) < 4.78 is 0. The summed E-state index contributed by atoms with van der Waals surface area (Å²) >= 11 is 0. The van der Waals surface area contributed by atoms with Crippen LogP contribution < -0.4 is 10.4 Å². The molecule has 2 N–H and O–H groups in total. The van der Waals surface area contributed by atoms with E-state index in [1.165, 1.54) is 0 Å². The third-order valence-electron chi connectivity index (χ3n) is 3.95. The maximum absolute atomic E-state index is 12.9. The molecule has 0 bridgehead atoms. The van der Waals surface area contributed by atoms with Gasteiger partial charge in [-0.2, -0.15) is 0 Å². The van der Waals surface area contributed by atoms with E-state index in [1.54, 1.807) is 41.4 Å². The SMILES string of the molecule is CCN(NCCO)c1cccc2c1C(=O)c1ccccc1C2=O. The van der Waals surface area contributed by atoms with E-state index < -0.39 is 0 Å². The number of hydrogen-bond acceptors (Lipinski definition) is 5. The fourth-order valence-corrected chi connectivity index (χ4v) is 2.90. The van der Waals surface area contributed by atoms with Gasteiger partial charge in [0.15, 0.2) is 11.6 Å². The normalized spacial score (nSPS) is 12.8. The lowest BCUT2D eigenvalue weighted by atomic mass is 9.83. The number of carbonyl (C=O) groups excluding carboxylic acids is 2. The van der Waals surface area contributed by atoms with Crippen LogP contribution in [-0.2, 0) is 0 Å². The molecule has 1 aliphatic carbocycles. The maximum atomic E-state index is 12.9. The van der Waals surface area contributed by atoms with Gasteiger partial charge < -0.3 is 10.1 Å². The van der Waals surface area contributed by atoms with Crippen molar-refractivity contribution in [2.45, 2.75) is 6.92 Å². The van der Waals surface area contributed by atoms with Crippen LogP contribution in [-0.4, -0.2) is 36.4 Å². The Bertz CT molecular complexity index is 771. The van der Waals surface area contributed by atoms with Crippen LogP contribution in [0.1, 0.15) is 38.8 Å². The molecule has 0 aliphatic heterocycles. The first-order valence-corrected chi connectivity index (χ1v) is 7.62. The lowest BCUT2D eigenvalue weighted by Gasteiger charge is -2.28. The Balaban J connectivity index is 2.14. The minimum atomic E-state index is -0.143. The zero-order chi connectivity index (χ0) is 16.4. The van der Waals surface area contributed by atoms with E-state index >= 15 is 0 Å². The molecular formula is C18H18N2O3. The summed E-state index contributed by atoms with van der Waals surface area (Å²) in [6, 6.07) is 12.2. The van der Waals surface area contributed by atoms with Crippen LogP contribution in [0.4, 0.5) is 5.69 Å². The molecule has 0 amide bonds. The summed E-state index contributed by atoms with van der Waals surface area (Å²) in [5.41, 5.74) is 5.46. The Morgan fingerprint density at radius 3 is 2.26 bits per heavy atom. The van der Waals surface area contributed by atoms with E-state index in [2.05, 4.69) is 5.43 Å². The predicted octanol–water partition coefficient (Wildman–Crippen LogP) is 1.79. The van der Waals surface area contributed by atoms with Crippen molar-refractivity contribution in [1.82, 2.24) is 5.43 Å². The minimum Gasteiger partial charge on any atom is -0.395 e. The van der Waals surface area contributed by atoms with Gasteiger partial charge >= 0.3 is 0 Å². The molecule has 0 saturated carbocycles. The summed E-state index contributed by atoms with van der Waals surface area (Å²) in [5, 5.41) is 10.8. The number of hydrogen-bond donors (Lipinski definition) is 2. The molecule has 0 heterocycles. The van der Waals surface area contributed by atoms with Crippen molar-refractivity contribution >= 4 is 17.3 Å². The average molecular weight is 310 g/mol. The molecule has 0 radical (unpaired) electrons. The molecule has 5 nitrogen and oxygen atoms in total. The van der Waals surface area contributed by atoms with Crippen molar-refractivity contribution in [2.75, 3.05) is 24.7 Å². The van der Waals surface area contributed by atoms with Gasteiger partial charge in [0.2, 0.25) is 0 Å². The minimum absolute atomic E-state index is 0.0127. The highest BCUT2D eigenvalue weighted by Gasteiger charge is 2.32. The van der Waals surface area contributed by atoms with Gasteiger partial charge in [-0.05, 0) is 13.0 Å². The van der Waals surface area contributed by atoms with Gasteiger partial charge in [-0.3, -0.25) is 9.59 Å². The molecule has 5 heteroatoms. The molecule has 0 unspecified atom stereocenters. The Hall–Kier alpha value is -2.50. The van der Waals surface area contributed by atoms with Gasteiger partial charge in [0.05, 0.1) is 17.9 Å². The largest absolute Gasteiger partial charge is 0.395 e. The fraction of sp³-hybridized carbons (Fsp3) is 0.222. The molecule has 118 valence electrons. The predicted molar refractivity (Wildman–Crippen MR) is 87.9 cm³/mol. The van der Waals surface area contributed by atoms with E-state index in [0.717, 1.165) is 0 Å². The second-order valence-corrected chi connectivity index (χ2v) is 5.28. The molecule has 2 aromatic carbocycles. The van der Waals surface area contributed by atoms with E-state index in [-0.39, 0.29) is 18.2 Å². The standard InChI is InChI=1S/C18H18N2O3/c1-2-20(19-10-11-21)15-9-5-8-14-16(15)18(23)13-7-4-3-6-12(13)17(14)22/h3-9,19,21H,2,10-11H2,1H3. The molecule has 23 heavy (non-hydrogen) atoms. The van der Waals surface area contributed by atoms with Crippen LogP contribution >= 0.6 is 0 Å². The van der Waals surface area contributed by atoms with Gasteiger partial charge in [0.1, 0.15) is 0 Å². The number of aliphatic hydroxyl groups is 1. The van der Waals surface area contributed by atoms with Crippen LogP contribution in [0.3, 0.4) is 0 Å². The maximum Gasteiger partial charge on any atom is 0.196 e. The number of benzene rings is 2. The van der Waals surface area contributed by atoms with Crippen LogP contribution in [0.5, 0.6) is 0 Å². The van der Waals surface area contributed by atoms with Crippen molar-refractivity contribution in [1.29, 1.82) is 0 Å². The Kier molecular flexibility index (Phi) is 4.23. The van der Waals surface area contributed by atoms with Crippen LogP contribution in [0.2, 0.25) is 0 Å². The molecule has 1 aliphatic rings. The van der Waals surface area contributed by atoms with E-state index in [0.29, 0.717) is 41.0 Å². The zero-order valence-electron chi connectivity index (χ0n) is 12.9. The van der Waals surface area contributed by atoms with Crippen LogP contribution in [0, 0.1) is 0 Å². The first-order valence-electron chi connectivity index (χ1n) is 7.62. The van der Waals surface area contributed by atoms with Crippen LogP contribution in [0.25, 0.3) is 0 Å². The molecular weight excluding hydrogens is 292 g/mol. The molecule has 0 atom stereocenters. The number of hydrazine groups is 1. The highest BCUT2D eigenvalue weighted by molar-refractivity contribution is 6.30. The van der Waals surface area contributed by atoms with Gasteiger partial charge in [0, 0.05) is 29.8 Å². The van der Waals surface area contributed by atoms with Crippen LogP contribution in [0.15, 0.2) is 42.5 Å². The quantitative estimate of drug-likeness (QED) is 0.703. The van der Waals surface area contributed by atoms with Gasteiger partial charge in [-0.15, -0.1) is 0 Å². The van der Waals surface area contributed by atoms with Gasteiger partial charge in [0.25, 0.3) is 0 Å². The van der Waals surface area contributed by atoms with Gasteiger partial charge in [-0.1, -0.05) is 36.4 Å². The molecule has 0 spiro atoms. The number of anilines is 1. The highest BCUT2D eigenvalue weighted by atomic mass is 16.3. The molecule has 0 saturated heterocycles. The monoisotopic (exact) mass is 310 g/mol. The first-order chi connectivity index (χ1) is 11.2. The van der Waals surface area contributed by atoms with E-state index in [1.807, 2.05) is 13.0 Å². The summed E-state index contributed by atoms with van der Waals surface area (Å²) in [4.78, 5) is 25.6. The van der Waals surface area contributed by atoms with Crippen molar-refractivity contribution in [2.24, 2.45) is 0 Å². The molecule has 0 fully saturated rings. The Morgan fingerprint density at radius 2 is 1.61 bits per heavy atom. The third-order valence-corrected chi connectivity index (χ3v) is 3.95.